The molecule has 28 heavy (non-hydrogen) atoms. The van der Waals surface area contributed by atoms with Gasteiger partial charge in [0.1, 0.15) is 0 Å². The van der Waals surface area contributed by atoms with Gasteiger partial charge < -0.3 is 5.32 Å². The minimum Gasteiger partial charge on any atom is -0.359 e. The predicted molar refractivity (Wildman–Crippen MR) is 101 cm³/mol. The van der Waals surface area contributed by atoms with Crippen molar-refractivity contribution in [2.24, 2.45) is 5.92 Å². The van der Waals surface area contributed by atoms with Crippen molar-refractivity contribution in [1.29, 1.82) is 0 Å². The number of nitrogens with one attached hydrogen (secondary N) is 1. The highest BCUT2D eigenvalue weighted by Gasteiger charge is 2.32. The highest BCUT2D eigenvalue weighted by atomic mass is 19.4. The minimum absolute atomic E-state index is 0.0736. The van der Waals surface area contributed by atoms with E-state index in [-0.39, 0.29) is 11.8 Å². The Morgan fingerprint density at radius 2 is 1.96 bits per heavy atom. The van der Waals surface area contributed by atoms with Gasteiger partial charge in [0, 0.05) is 38.6 Å². The Labute approximate surface area is 162 Å². The average Bonchev–Trinajstić information content (AvgIpc) is 2.63. The predicted octanol–water partition coefficient (Wildman–Crippen LogP) is 3.37. The summed E-state index contributed by atoms with van der Waals surface area (Å²) >= 11 is 0. The first-order chi connectivity index (χ1) is 13.3. The molecule has 1 fully saturated rings. The molecule has 0 spiro atoms. The van der Waals surface area contributed by atoms with Crippen LogP contribution in [0, 0.1) is 12.8 Å². The monoisotopic (exact) mass is 391 g/mol. The van der Waals surface area contributed by atoms with E-state index >= 15 is 0 Å². The molecule has 1 N–H and O–H groups in total. The van der Waals surface area contributed by atoms with Gasteiger partial charge in [-0.25, -0.2) is 0 Å². The number of carbonyl (C=O) groups is 1. The van der Waals surface area contributed by atoms with Crippen molar-refractivity contribution in [2.45, 2.75) is 32.5 Å². The van der Waals surface area contributed by atoms with E-state index in [0.717, 1.165) is 42.9 Å². The Bertz CT molecular complexity index is 845. The molecular weight excluding hydrogens is 367 g/mol. The average molecular weight is 391 g/mol. The lowest BCUT2D eigenvalue weighted by atomic mass is 9.96. The first kappa shape index (κ1) is 20.3. The summed E-state index contributed by atoms with van der Waals surface area (Å²) in [5.41, 5.74) is 3.22. The summed E-state index contributed by atoms with van der Waals surface area (Å²) in [4.78, 5) is 17.8. The molecule has 1 saturated heterocycles. The number of benzene rings is 1. The molecule has 150 valence electrons. The Morgan fingerprint density at radius 3 is 2.61 bits per heavy atom. The first-order valence-electron chi connectivity index (χ1n) is 9.30. The number of hydrogen-bond acceptors (Lipinski definition) is 3. The zero-order chi connectivity index (χ0) is 20.3. The highest BCUT2D eigenvalue weighted by molar-refractivity contribution is 5.79. The zero-order valence-electron chi connectivity index (χ0n) is 16.0. The lowest BCUT2D eigenvalue weighted by molar-refractivity contribution is -0.137. The van der Waals surface area contributed by atoms with Gasteiger partial charge in [-0.05, 0) is 48.6 Å². The van der Waals surface area contributed by atoms with Crippen LogP contribution >= 0.6 is 0 Å². The second-order valence-electron chi connectivity index (χ2n) is 7.30. The normalized spacial score (nSPS) is 15.3. The number of amides is 1. The van der Waals surface area contributed by atoms with Crippen LogP contribution in [-0.4, -0.2) is 35.9 Å². The number of hydrogen-bond donors (Lipinski definition) is 1. The van der Waals surface area contributed by atoms with Crippen LogP contribution in [-0.2, 0) is 30.4 Å². The van der Waals surface area contributed by atoms with Gasteiger partial charge in [0.05, 0.1) is 11.5 Å². The third-order valence-corrected chi connectivity index (χ3v) is 5.19. The van der Waals surface area contributed by atoms with Gasteiger partial charge in [0.15, 0.2) is 0 Å². The maximum atomic E-state index is 12.8. The van der Waals surface area contributed by atoms with Crippen LogP contribution in [0.25, 0.3) is 0 Å². The molecule has 0 saturated carbocycles. The molecule has 7 heteroatoms. The lowest BCUT2D eigenvalue weighted by Gasteiger charge is -2.38. The Morgan fingerprint density at radius 1 is 1.21 bits per heavy atom. The van der Waals surface area contributed by atoms with E-state index in [4.69, 9.17) is 0 Å². The van der Waals surface area contributed by atoms with Gasteiger partial charge in [-0.15, -0.1) is 0 Å². The van der Waals surface area contributed by atoms with Gasteiger partial charge in [0.2, 0.25) is 5.91 Å². The van der Waals surface area contributed by atoms with Crippen molar-refractivity contribution >= 4 is 5.91 Å². The topological polar surface area (TPSA) is 45.2 Å². The molecule has 0 bridgehead atoms. The molecule has 4 nitrogen and oxygen atoms in total. The quantitative estimate of drug-likeness (QED) is 0.821. The second-order valence-corrected chi connectivity index (χ2v) is 7.30. The molecule has 0 radical (unpaired) electrons. The van der Waals surface area contributed by atoms with Crippen molar-refractivity contribution < 1.29 is 18.0 Å². The molecule has 1 aromatic carbocycles. The van der Waals surface area contributed by atoms with Crippen LogP contribution < -0.4 is 5.32 Å². The molecule has 0 unspecified atom stereocenters. The largest absolute Gasteiger partial charge is 0.416 e. The van der Waals surface area contributed by atoms with Gasteiger partial charge in [0.25, 0.3) is 0 Å². The number of nitrogens with zero attached hydrogens (tertiary/aromatic N) is 2. The molecule has 2 heterocycles. The van der Waals surface area contributed by atoms with E-state index in [9.17, 15) is 18.0 Å². The molecule has 3 rings (SSSR count). The number of carbonyl (C=O) groups excluding carboxylic acids is 1. The highest BCUT2D eigenvalue weighted by Crippen LogP contribution is 2.29. The molecular formula is C21H24F3N3O. The van der Waals surface area contributed by atoms with Crippen LogP contribution in [0.15, 0.2) is 36.5 Å². The number of alkyl halides is 3. The fourth-order valence-corrected chi connectivity index (χ4v) is 3.46. The third-order valence-electron chi connectivity index (χ3n) is 5.19. The van der Waals surface area contributed by atoms with E-state index in [2.05, 4.69) is 27.3 Å². The summed E-state index contributed by atoms with van der Waals surface area (Å²) in [5, 5.41) is 2.68. The van der Waals surface area contributed by atoms with Gasteiger partial charge in [-0.1, -0.05) is 18.2 Å². The molecule has 2 aromatic rings. The van der Waals surface area contributed by atoms with Crippen LogP contribution in [0.4, 0.5) is 13.2 Å². The number of pyridine rings is 1. The molecule has 0 aliphatic carbocycles. The van der Waals surface area contributed by atoms with E-state index in [1.165, 1.54) is 11.8 Å². The maximum absolute atomic E-state index is 12.8. The number of likely N-dealkylation sites (tertiary alicyclic amines) is 1. The SMILES string of the molecule is CNC(=O)C1CN(Cc2ccc(CCc3cc(C(F)(F)F)ccn3)cc2C)C1. The Hall–Kier alpha value is -2.41. The number of aryl methyl sites for hydroxylation is 3. The maximum Gasteiger partial charge on any atom is 0.416 e. The Kier molecular flexibility index (Phi) is 6.03. The number of halogens is 3. The van der Waals surface area contributed by atoms with Crippen LogP contribution in [0.1, 0.15) is 27.9 Å². The zero-order valence-corrected chi connectivity index (χ0v) is 16.0. The van der Waals surface area contributed by atoms with Crippen molar-refractivity contribution in [3.8, 4) is 0 Å². The number of aromatic nitrogens is 1. The molecule has 1 amide bonds. The number of rotatable bonds is 6. The summed E-state index contributed by atoms with van der Waals surface area (Å²) in [6.07, 6.45) is -2.03. The van der Waals surface area contributed by atoms with Crippen molar-refractivity contribution in [3.63, 3.8) is 0 Å². The Balaban J connectivity index is 1.56. The lowest BCUT2D eigenvalue weighted by Crippen LogP contribution is -2.52. The van der Waals surface area contributed by atoms with Gasteiger partial charge >= 0.3 is 6.18 Å². The summed E-state index contributed by atoms with van der Waals surface area (Å²) in [6, 6.07) is 8.28. The molecule has 1 aliphatic heterocycles. The van der Waals surface area contributed by atoms with Crippen molar-refractivity contribution in [3.05, 3.63) is 64.5 Å². The van der Waals surface area contributed by atoms with Gasteiger partial charge in [-0.2, -0.15) is 13.2 Å². The van der Waals surface area contributed by atoms with Gasteiger partial charge in [-0.3, -0.25) is 14.7 Å². The smallest absolute Gasteiger partial charge is 0.359 e. The fraction of sp³-hybridized carbons (Fsp3) is 0.429. The minimum atomic E-state index is -4.34. The molecule has 1 aliphatic rings. The standard InChI is InChI=1S/C21H24F3N3O/c1-14-9-15(4-6-19-10-18(7-8-26-19)21(22,23)24)3-5-16(14)11-27-12-17(13-27)20(28)25-2/h3,5,7-10,17H,4,6,11-13H2,1-2H3,(H,25,28). The van der Waals surface area contributed by atoms with Crippen LogP contribution in [0.2, 0.25) is 0 Å². The van der Waals surface area contributed by atoms with E-state index < -0.39 is 11.7 Å². The summed E-state index contributed by atoms with van der Waals surface area (Å²) in [5.74, 6) is 0.163. The molecule has 1 aromatic heterocycles. The van der Waals surface area contributed by atoms with Crippen molar-refractivity contribution in [2.75, 3.05) is 20.1 Å². The van der Waals surface area contributed by atoms with Crippen molar-refractivity contribution in [1.82, 2.24) is 15.2 Å². The van der Waals surface area contributed by atoms with Crippen LogP contribution in [0.3, 0.4) is 0 Å². The summed E-state index contributed by atoms with van der Waals surface area (Å²) < 4.78 is 38.4. The second kappa shape index (κ2) is 8.31. The van der Waals surface area contributed by atoms with E-state index in [1.807, 2.05) is 13.0 Å². The fourth-order valence-electron chi connectivity index (χ4n) is 3.46. The van der Waals surface area contributed by atoms with Crippen LogP contribution in [0.5, 0.6) is 0 Å². The van der Waals surface area contributed by atoms with E-state index in [1.54, 1.807) is 7.05 Å². The summed E-state index contributed by atoms with van der Waals surface area (Å²) in [6.45, 7) is 4.37. The third kappa shape index (κ3) is 4.90. The van der Waals surface area contributed by atoms with E-state index in [0.29, 0.717) is 18.5 Å². The summed E-state index contributed by atoms with van der Waals surface area (Å²) in [7, 11) is 1.66. The first-order valence-corrected chi connectivity index (χ1v) is 9.30. The molecule has 0 atom stereocenters.